The summed E-state index contributed by atoms with van der Waals surface area (Å²) in [4.78, 5) is 4.53. The number of benzene rings is 2. The molecule has 0 saturated carbocycles. The number of thiazole rings is 1. The van der Waals surface area contributed by atoms with Gasteiger partial charge in [0, 0.05) is 0 Å². The maximum Gasteiger partial charge on any atom is 0.196 e. The lowest BCUT2D eigenvalue weighted by Crippen LogP contribution is -2.01. The first-order chi connectivity index (χ1) is 14.3. The third-order valence-corrected chi connectivity index (χ3v) is 4.70. The molecule has 4 aromatic rings. The minimum absolute atomic E-state index is 0.146. The van der Waals surface area contributed by atoms with Gasteiger partial charge in [-0.1, -0.05) is 47.7 Å². The summed E-state index contributed by atoms with van der Waals surface area (Å²) in [5.41, 5.74) is 5.01. The minimum atomic E-state index is 0.146. The van der Waals surface area contributed by atoms with Crippen molar-refractivity contribution in [2.45, 2.75) is 0 Å². The number of nitrogens with zero attached hydrogens (tertiary/aromatic N) is 5. The maximum absolute atomic E-state index is 9.56. The Morgan fingerprint density at radius 1 is 0.966 bits per heavy atom. The van der Waals surface area contributed by atoms with Crippen LogP contribution in [-0.4, -0.2) is 10.7 Å². The number of hydrogen-bond donors (Lipinski definition) is 1. The highest BCUT2D eigenvalue weighted by Crippen LogP contribution is 2.37. The van der Waals surface area contributed by atoms with Crippen LogP contribution >= 0.6 is 11.3 Å². The maximum atomic E-state index is 9.56. The largest absolute Gasteiger partial charge is 0.463 e. The molecule has 0 saturated heterocycles. The molecule has 140 valence electrons. The van der Waals surface area contributed by atoms with E-state index in [1.807, 2.05) is 60.7 Å². The molecule has 0 spiro atoms. The number of hydrogen-bond acceptors (Lipinski definition) is 8. The zero-order valence-electron chi connectivity index (χ0n) is 15.1. The number of nitrogens with one attached hydrogen (secondary N) is 1. The second-order valence-electron chi connectivity index (χ2n) is 5.74. The molecule has 2 aromatic carbocycles. The summed E-state index contributed by atoms with van der Waals surface area (Å²) in [5.74, 6) is 0.544. The first-order valence-electron chi connectivity index (χ1n) is 8.64. The molecule has 8 heteroatoms. The van der Waals surface area contributed by atoms with E-state index in [-0.39, 0.29) is 5.71 Å². The summed E-state index contributed by atoms with van der Waals surface area (Å²) in [5, 5.41) is 23.3. The topological polar surface area (TPSA) is 98.9 Å². The van der Waals surface area contributed by atoms with Crippen LogP contribution in [0.4, 0.5) is 16.4 Å². The summed E-state index contributed by atoms with van der Waals surface area (Å²) >= 11 is 1.22. The fourth-order valence-corrected chi connectivity index (χ4v) is 3.24. The molecule has 0 bridgehead atoms. The molecule has 0 amide bonds. The van der Waals surface area contributed by atoms with E-state index in [9.17, 15) is 5.26 Å². The highest BCUT2D eigenvalue weighted by atomic mass is 32.1. The summed E-state index contributed by atoms with van der Waals surface area (Å²) < 4.78 is 5.47. The lowest BCUT2D eigenvalue weighted by Gasteiger charge is -1.99. The van der Waals surface area contributed by atoms with E-state index < -0.39 is 0 Å². The van der Waals surface area contributed by atoms with Crippen LogP contribution in [-0.2, 0) is 0 Å². The first kappa shape index (κ1) is 18.3. The van der Waals surface area contributed by atoms with E-state index in [4.69, 9.17) is 4.42 Å². The first-order valence-corrected chi connectivity index (χ1v) is 9.46. The molecule has 2 aromatic heterocycles. The van der Waals surface area contributed by atoms with Crippen LogP contribution in [0.25, 0.3) is 11.5 Å². The quantitative estimate of drug-likeness (QED) is 0.239. The van der Waals surface area contributed by atoms with E-state index in [0.717, 1.165) is 5.69 Å². The van der Waals surface area contributed by atoms with E-state index in [0.29, 0.717) is 27.2 Å². The third kappa shape index (κ3) is 4.43. The average Bonchev–Trinajstić information content (AvgIpc) is 3.44. The molecule has 4 rings (SSSR count). The predicted molar refractivity (Wildman–Crippen MR) is 113 cm³/mol. The van der Waals surface area contributed by atoms with Crippen LogP contribution < -0.4 is 5.43 Å². The Kier molecular flexibility index (Phi) is 5.50. The summed E-state index contributed by atoms with van der Waals surface area (Å²) in [6.45, 7) is 0. The number of hydrazone groups is 1. The zero-order valence-corrected chi connectivity index (χ0v) is 15.9. The van der Waals surface area contributed by atoms with Gasteiger partial charge in [0.15, 0.2) is 21.5 Å². The Morgan fingerprint density at radius 2 is 1.72 bits per heavy atom. The summed E-state index contributed by atoms with van der Waals surface area (Å²) in [6.07, 6.45) is 1.56. The molecular weight excluding hydrogens is 384 g/mol. The Hall–Kier alpha value is -4.09. The van der Waals surface area contributed by atoms with Crippen molar-refractivity contribution in [1.82, 2.24) is 4.98 Å². The molecule has 1 N–H and O–H groups in total. The molecule has 0 radical (unpaired) electrons. The van der Waals surface area contributed by atoms with Gasteiger partial charge in [0.1, 0.15) is 11.8 Å². The van der Waals surface area contributed by atoms with Gasteiger partial charge in [0.05, 0.1) is 17.6 Å². The van der Waals surface area contributed by atoms with Crippen molar-refractivity contribution in [1.29, 1.82) is 5.26 Å². The molecule has 29 heavy (non-hydrogen) atoms. The van der Waals surface area contributed by atoms with Crippen molar-refractivity contribution < 1.29 is 4.42 Å². The number of nitriles is 1. The van der Waals surface area contributed by atoms with Gasteiger partial charge in [-0.15, -0.1) is 10.2 Å². The second-order valence-corrected chi connectivity index (χ2v) is 6.71. The molecule has 0 aliphatic rings. The van der Waals surface area contributed by atoms with Crippen molar-refractivity contribution in [2.75, 3.05) is 5.43 Å². The number of anilines is 1. The Labute approximate surface area is 170 Å². The van der Waals surface area contributed by atoms with E-state index >= 15 is 0 Å². The third-order valence-electron chi connectivity index (χ3n) is 3.76. The van der Waals surface area contributed by atoms with Crippen molar-refractivity contribution >= 4 is 33.4 Å². The lowest BCUT2D eigenvalue weighted by atomic mass is 10.3. The van der Waals surface area contributed by atoms with Crippen LogP contribution in [0.15, 0.2) is 98.8 Å². The number of rotatable bonds is 6. The van der Waals surface area contributed by atoms with Crippen LogP contribution in [0.1, 0.15) is 5.01 Å². The zero-order chi connectivity index (χ0) is 19.9. The summed E-state index contributed by atoms with van der Waals surface area (Å²) in [6, 6.07) is 24.4. The number of para-hydroxylation sites is 1. The fourth-order valence-electron chi connectivity index (χ4n) is 2.41. The van der Waals surface area contributed by atoms with Crippen LogP contribution in [0.3, 0.4) is 0 Å². The van der Waals surface area contributed by atoms with Crippen LogP contribution in [0, 0.1) is 11.3 Å². The van der Waals surface area contributed by atoms with E-state index in [1.54, 1.807) is 18.4 Å². The lowest BCUT2D eigenvalue weighted by molar-refractivity contribution is 0.580. The SMILES string of the molecule is N#C/C(=N\Nc1ccccc1)c1nc(-c2ccco2)c(N=Nc2ccccc2)s1. The predicted octanol–water partition coefficient (Wildman–Crippen LogP) is 6.16. The Bertz CT molecular complexity index is 1180. The molecule has 0 atom stereocenters. The van der Waals surface area contributed by atoms with Crippen molar-refractivity contribution in [2.24, 2.45) is 15.3 Å². The van der Waals surface area contributed by atoms with E-state index in [1.165, 1.54) is 11.3 Å². The van der Waals surface area contributed by atoms with Crippen molar-refractivity contribution in [3.8, 4) is 17.5 Å². The average molecular weight is 398 g/mol. The van der Waals surface area contributed by atoms with Gasteiger partial charge in [-0.25, -0.2) is 4.98 Å². The molecule has 0 aliphatic carbocycles. The molecule has 0 aliphatic heterocycles. The Balaban J connectivity index is 1.68. The number of azo groups is 1. The molecular formula is C21H14N6OS. The second kappa shape index (κ2) is 8.73. The molecule has 0 fully saturated rings. The summed E-state index contributed by atoms with van der Waals surface area (Å²) in [7, 11) is 0. The van der Waals surface area contributed by atoms with Crippen molar-refractivity contribution in [3.05, 3.63) is 84.1 Å². The van der Waals surface area contributed by atoms with Gasteiger partial charge in [0.2, 0.25) is 0 Å². The molecule has 2 heterocycles. The van der Waals surface area contributed by atoms with Gasteiger partial charge < -0.3 is 4.42 Å². The van der Waals surface area contributed by atoms with Gasteiger partial charge >= 0.3 is 0 Å². The highest BCUT2D eigenvalue weighted by molar-refractivity contribution is 7.18. The van der Waals surface area contributed by atoms with E-state index in [2.05, 4.69) is 31.8 Å². The smallest absolute Gasteiger partial charge is 0.196 e. The number of aromatic nitrogens is 1. The molecule has 7 nitrogen and oxygen atoms in total. The van der Waals surface area contributed by atoms with Gasteiger partial charge in [-0.2, -0.15) is 10.4 Å². The van der Waals surface area contributed by atoms with Crippen molar-refractivity contribution in [3.63, 3.8) is 0 Å². The van der Waals surface area contributed by atoms with Gasteiger partial charge in [-0.05, 0) is 36.4 Å². The van der Waals surface area contributed by atoms with Gasteiger partial charge in [0.25, 0.3) is 0 Å². The Morgan fingerprint density at radius 3 is 2.41 bits per heavy atom. The van der Waals surface area contributed by atoms with Crippen LogP contribution in [0.5, 0.6) is 0 Å². The van der Waals surface area contributed by atoms with Crippen LogP contribution in [0.2, 0.25) is 0 Å². The monoisotopic (exact) mass is 398 g/mol. The standard InChI is InChI=1S/C21H14N6OS/c22-14-17(26-24-15-8-3-1-4-9-15)20-23-19(18-12-7-13-28-18)21(29-20)27-25-16-10-5-2-6-11-16/h1-13,24H/b26-17+,27-25?. The van der Waals surface area contributed by atoms with Gasteiger partial charge in [-0.3, -0.25) is 5.43 Å². The normalized spacial score (nSPS) is 11.5. The minimum Gasteiger partial charge on any atom is -0.463 e. The molecule has 0 unspecified atom stereocenters. The highest BCUT2D eigenvalue weighted by Gasteiger charge is 2.19. The number of furan rings is 1. The fraction of sp³-hybridized carbons (Fsp3) is 0.